The average molecular weight is 375 g/mol. The van der Waals surface area contributed by atoms with Gasteiger partial charge in [-0.2, -0.15) is 0 Å². The minimum absolute atomic E-state index is 0.0507. The zero-order chi connectivity index (χ0) is 19.7. The topological polar surface area (TPSA) is 66.0 Å². The zero-order valence-corrected chi connectivity index (χ0v) is 17.1. The third-order valence-corrected chi connectivity index (χ3v) is 5.24. The smallest absolute Gasteiger partial charge is 0.230 e. The van der Waals surface area contributed by atoms with Gasteiger partial charge < -0.3 is 20.3 Å². The summed E-state index contributed by atoms with van der Waals surface area (Å²) in [6.07, 6.45) is 5.02. The van der Waals surface area contributed by atoms with Gasteiger partial charge in [-0.3, -0.25) is 9.79 Å². The number of rotatable bonds is 8. The van der Waals surface area contributed by atoms with E-state index in [4.69, 9.17) is 4.74 Å². The second-order valence-electron chi connectivity index (χ2n) is 7.45. The number of carbonyl (C=O) groups is 1. The molecule has 0 radical (unpaired) electrons. The van der Waals surface area contributed by atoms with Crippen molar-refractivity contribution in [2.45, 2.75) is 45.1 Å². The molecule has 1 aromatic rings. The number of aliphatic imine (C=N–C) groups is 1. The Morgan fingerprint density at radius 3 is 2.44 bits per heavy atom. The molecule has 27 heavy (non-hydrogen) atoms. The maximum absolute atomic E-state index is 12.7. The first-order valence-corrected chi connectivity index (χ1v) is 9.88. The van der Waals surface area contributed by atoms with Gasteiger partial charge in [0.2, 0.25) is 5.91 Å². The molecule has 0 aromatic heterocycles. The van der Waals surface area contributed by atoms with E-state index in [-0.39, 0.29) is 17.4 Å². The summed E-state index contributed by atoms with van der Waals surface area (Å²) in [5, 5.41) is 6.71. The molecule has 1 atom stereocenters. The van der Waals surface area contributed by atoms with Gasteiger partial charge in [-0.05, 0) is 31.4 Å². The van der Waals surface area contributed by atoms with Gasteiger partial charge >= 0.3 is 0 Å². The standard InChI is InChI=1S/C21H34N4O2/c1-5-17(27-18-11-7-6-8-12-18)15-23-20(22-2)24-16-21(13-9-10-14-21)19(26)25(3)4/h6-8,11-12,17H,5,9-10,13-16H2,1-4H3,(H2,22,23,24). The van der Waals surface area contributed by atoms with Crippen LogP contribution < -0.4 is 15.4 Å². The van der Waals surface area contributed by atoms with Gasteiger partial charge in [0.15, 0.2) is 5.96 Å². The van der Waals surface area contributed by atoms with Crippen molar-refractivity contribution < 1.29 is 9.53 Å². The Balaban J connectivity index is 1.88. The molecule has 1 unspecified atom stereocenters. The predicted octanol–water partition coefficient (Wildman–Crippen LogP) is 2.66. The molecule has 0 heterocycles. The fraction of sp³-hybridized carbons (Fsp3) is 0.619. The highest BCUT2D eigenvalue weighted by Crippen LogP contribution is 2.38. The molecule has 6 heteroatoms. The molecule has 0 spiro atoms. The monoisotopic (exact) mass is 374 g/mol. The Morgan fingerprint density at radius 2 is 1.89 bits per heavy atom. The number of amides is 1. The van der Waals surface area contributed by atoms with Crippen molar-refractivity contribution >= 4 is 11.9 Å². The van der Waals surface area contributed by atoms with E-state index in [0.717, 1.165) is 37.9 Å². The lowest BCUT2D eigenvalue weighted by atomic mass is 9.84. The molecule has 6 nitrogen and oxygen atoms in total. The Bertz CT molecular complexity index is 610. The molecule has 2 rings (SSSR count). The summed E-state index contributed by atoms with van der Waals surface area (Å²) < 4.78 is 6.02. The Hall–Kier alpha value is -2.24. The second-order valence-corrected chi connectivity index (χ2v) is 7.45. The highest BCUT2D eigenvalue weighted by Gasteiger charge is 2.42. The van der Waals surface area contributed by atoms with Crippen molar-refractivity contribution in [2.24, 2.45) is 10.4 Å². The van der Waals surface area contributed by atoms with Gasteiger partial charge in [-0.1, -0.05) is 38.0 Å². The van der Waals surface area contributed by atoms with E-state index in [1.165, 1.54) is 0 Å². The van der Waals surface area contributed by atoms with Crippen LogP contribution in [0.4, 0.5) is 0 Å². The first-order valence-electron chi connectivity index (χ1n) is 9.88. The Kier molecular flexibility index (Phi) is 7.95. The van der Waals surface area contributed by atoms with E-state index in [0.29, 0.717) is 19.0 Å². The molecule has 1 saturated carbocycles. The SMILES string of the molecule is CCC(CNC(=NC)NCC1(C(=O)N(C)C)CCCC1)Oc1ccccc1. The van der Waals surface area contributed by atoms with Crippen LogP contribution in [-0.4, -0.2) is 57.1 Å². The average Bonchev–Trinajstić information content (AvgIpc) is 3.17. The highest BCUT2D eigenvalue weighted by molar-refractivity contribution is 5.85. The summed E-state index contributed by atoms with van der Waals surface area (Å²) in [6.45, 7) is 3.37. The maximum atomic E-state index is 12.7. The van der Waals surface area contributed by atoms with E-state index in [1.54, 1.807) is 11.9 Å². The van der Waals surface area contributed by atoms with Crippen molar-refractivity contribution in [3.8, 4) is 5.75 Å². The van der Waals surface area contributed by atoms with Crippen LogP contribution in [0.2, 0.25) is 0 Å². The predicted molar refractivity (Wildman–Crippen MR) is 110 cm³/mol. The molecule has 1 aliphatic rings. The normalized spacial score (nSPS) is 17.3. The largest absolute Gasteiger partial charge is 0.489 e. The van der Waals surface area contributed by atoms with Crippen LogP contribution in [0.15, 0.2) is 35.3 Å². The maximum Gasteiger partial charge on any atom is 0.230 e. The fourth-order valence-electron chi connectivity index (χ4n) is 3.64. The molecule has 1 aromatic carbocycles. The quantitative estimate of drug-likeness (QED) is 0.542. The lowest BCUT2D eigenvalue weighted by Crippen LogP contribution is -2.50. The molecular formula is C21H34N4O2. The van der Waals surface area contributed by atoms with Gasteiger partial charge in [0.25, 0.3) is 0 Å². The van der Waals surface area contributed by atoms with E-state index in [9.17, 15) is 4.79 Å². The summed E-state index contributed by atoms with van der Waals surface area (Å²) in [5.74, 6) is 1.79. The molecule has 0 bridgehead atoms. The highest BCUT2D eigenvalue weighted by atomic mass is 16.5. The second kappa shape index (κ2) is 10.2. The number of nitrogens with one attached hydrogen (secondary N) is 2. The summed E-state index contributed by atoms with van der Waals surface area (Å²) in [7, 11) is 5.42. The first-order chi connectivity index (χ1) is 13.0. The molecule has 0 aliphatic heterocycles. The third-order valence-electron chi connectivity index (χ3n) is 5.24. The van der Waals surface area contributed by atoms with Crippen LogP contribution in [0.5, 0.6) is 5.75 Å². The third kappa shape index (κ3) is 5.88. The summed E-state index contributed by atoms with van der Waals surface area (Å²) in [4.78, 5) is 18.7. The van der Waals surface area contributed by atoms with E-state index >= 15 is 0 Å². The lowest BCUT2D eigenvalue weighted by molar-refractivity contribution is -0.138. The summed E-state index contributed by atoms with van der Waals surface area (Å²) in [5.41, 5.74) is -0.314. The molecule has 0 saturated heterocycles. The number of carbonyl (C=O) groups excluding carboxylic acids is 1. The lowest BCUT2D eigenvalue weighted by Gasteiger charge is -2.31. The number of nitrogens with zero attached hydrogens (tertiary/aromatic N) is 2. The van der Waals surface area contributed by atoms with E-state index in [1.807, 2.05) is 44.4 Å². The summed E-state index contributed by atoms with van der Waals surface area (Å²) in [6, 6.07) is 9.85. The minimum Gasteiger partial charge on any atom is -0.489 e. The Labute approximate surface area is 163 Å². The van der Waals surface area contributed by atoms with Gasteiger partial charge in [0.1, 0.15) is 11.9 Å². The van der Waals surface area contributed by atoms with Gasteiger partial charge in [-0.25, -0.2) is 0 Å². The molecule has 2 N–H and O–H groups in total. The van der Waals surface area contributed by atoms with E-state index < -0.39 is 0 Å². The van der Waals surface area contributed by atoms with Crippen LogP contribution in [0.3, 0.4) is 0 Å². The van der Waals surface area contributed by atoms with E-state index in [2.05, 4.69) is 22.5 Å². The number of ether oxygens (including phenoxy) is 1. The molecule has 150 valence electrons. The Morgan fingerprint density at radius 1 is 1.22 bits per heavy atom. The van der Waals surface area contributed by atoms with Gasteiger partial charge in [-0.15, -0.1) is 0 Å². The molecule has 1 amide bonds. The minimum atomic E-state index is -0.314. The van der Waals surface area contributed by atoms with Crippen molar-refractivity contribution in [1.82, 2.24) is 15.5 Å². The van der Waals surface area contributed by atoms with Crippen LogP contribution in [-0.2, 0) is 4.79 Å². The molecule has 1 fully saturated rings. The van der Waals surface area contributed by atoms with Crippen LogP contribution >= 0.6 is 0 Å². The number of hydrogen-bond acceptors (Lipinski definition) is 3. The molecular weight excluding hydrogens is 340 g/mol. The first kappa shape index (κ1) is 21.1. The number of benzene rings is 1. The van der Waals surface area contributed by atoms with Crippen LogP contribution in [0.25, 0.3) is 0 Å². The fourth-order valence-corrected chi connectivity index (χ4v) is 3.64. The van der Waals surface area contributed by atoms with Gasteiger partial charge in [0, 0.05) is 27.7 Å². The van der Waals surface area contributed by atoms with Crippen molar-refractivity contribution in [3.63, 3.8) is 0 Å². The van der Waals surface area contributed by atoms with Crippen molar-refractivity contribution in [2.75, 3.05) is 34.2 Å². The van der Waals surface area contributed by atoms with Gasteiger partial charge in [0.05, 0.1) is 12.0 Å². The number of hydrogen-bond donors (Lipinski definition) is 2. The zero-order valence-electron chi connectivity index (χ0n) is 17.1. The van der Waals surface area contributed by atoms with Crippen LogP contribution in [0, 0.1) is 5.41 Å². The summed E-state index contributed by atoms with van der Waals surface area (Å²) >= 11 is 0. The number of guanidine groups is 1. The van der Waals surface area contributed by atoms with Crippen LogP contribution in [0.1, 0.15) is 39.0 Å². The number of para-hydroxylation sites is 1. The van der Waals surface area contributed by atoms with Crippen molar-refractivity contribution in [1.29, 1.82) is 0 Å². The molecule has 1 aliphatic carbocycles. The van der Waals surface area contributed by atoms with Crippen molar-refractivity contribution in [3.05, 3.63) is 30.3 Å².